The van der Waals surface area contributed by atoms with Gasteiger partial charge in [-0.25, -0.2) is 4.98 Å². The number of aromatic nitrogens is 2. The van der Waals surface area contributed by atoms with Crippen LogP contribution in [0.4, 0.5) is 0 Å². The van der Waals surface area contributed by atoms with Gasteiger partial charge in [0.25, 0.3) is 5.91 Å². The van der Waals surface area contributed by atoms with Gasteiger partial charge < -0.3 is 15.2 Å². The highest BCUT2D eigenvalue weighted by Gasteiger charge is 2.19. The van der Waals surface area contributed by atoms with E-state index in [0.29, 0.717) is 11.3 Å². The zero-order chi connectivity index (χ0) is 19.3. The Morgan fingerprint density at radius 1 is 1.07 bits per heavy atom. The first kappa shape index (κ1) is 18.6. The lowest BCUT2D eigenvalue weighted by molar-refractivity contribution is -0.129. The number of para-hydroxylation sites is 2. The van der Waals surface area contributed by atoms with Crippen LogP contribution in [-0.2, 0) is 10.5 Å². The highest BCUT2D eigenvalue weighted by molar-refractivity contribution is 7.98. The van der Waals surface area contributed by atoms with E-state index in [4.69, 9.17) is 0 Å². The number of fused-ring (bicyclic) bond motifs is 1. The van der Waals surface area contributed by atoms with Crippen LogP contribution in [0.3, 0.4) is 0 Å². The Kier molecular flexibility index (Phi) is 5.62. The van der Waals surface area contributed by atoms with Crippen LogP contribution in [0.5, 0.6) is 0 Å². The van der Waals surface area contributed by atoms with E-state index < -0.39 is 0 Å². The minimum atomic E-state index is -0.214. The van der Waals surface area contributed by atoms with Gasteiger partial charge in [0.05, 0.1) is 17.6 Å². The molecule has 6 nitrogen and oxygen atoms in total. The third-order valence-electron chi connectivity index (χ3n) is 4.85. The van der Waals surface area contributed by atoms with Crippen LogP contribution in [0.15, 0.2) is 53.7 Å². The summed E-state index contributed by atoms with van der Waals surface area (Å²) in [6, 6.07) is 15.4. The molecule has 3 aromatic rings. The lowest BCUT2D eigenvalue weighted by Gasteiger charge is -2.16. The molecule has 2 amide bonds. The molecule has 0 atom stereocenters. The van der Waals surface area contributed by atoms with Gasteiger partial charge in [0.15, 0.2) is 5.16 Å². The maximum Gasteiger partial charge on any atom is 0.252 e. The fourth-order valence-electron chi connectivity index (χ4n) is 3.34. The fraction of sp³-hybridized carbons (Fsp3) is 0.286. The van der Waals surface area contributed by atoms with Crippen LogP contribution in [0.25, 0.3) is 11.0 Å². The molecule has 1 aromatic heterocycles. The van der Waals surface area contributed by atoms with E-state index in [2.05, 4.69) is 15.3 Å². The molecule has 0 saturated carbocycles. The number of hydrogen-bond acceptors (Lipinski definition) is 4. The Labute approximate surface area is 167 Å². The minimum Gasteiger partial charge on any atom is -0.343 e. The van der Waals surface area contributed by atoms with Crippen LogP contribution in [0, 0.1) is 0 Å². The molecule has 7 heteroatoms. The molecule has 0 spiro atoms. The average molecular weight is 395 g/mol. The standard InChI is InChI=1S/C21H22N4O2S/c26-19(25-11-5-6-12-25)13-22-20(27)16-8-2-1-7-15(16)14-28-21-23-17-9-3-4-10-18(17)24-21/h1-4,7-10H,5-6,11-14H2,(H,22,27)(H,23,24). The van der Waals surface area contributed by atoms with Crippen molar-refractivity contribution >= 4 is 34.6 Å². The number of imidazole rings is 1. The van der Waals surface area contributed by atoms with Crippen molar-refractivity contribution in [1.82, 2.24) is 20.2 Å². The highest BCUT2D eigenvalue weighted by atomic mass is 32.2. The number of carbonyl (C=O) groups is 2. The predicted molar refractivity (Wildman–Crippen MR) is 110 cm³/mol. The maximum atomic E-state index is 12.6. The summed E-state index contributed by atoms with van der Waals surface area (Å²) in [5.74, 6) is 0.386. The topological polar surface area (TPSA) is 78.1 Å². The first-order valence-electron chi connectivity index (χ1n) is 9.42. The average Bonchev–Trinajstić information content (AvgIpc) is 3.40. The van der Waals surface area contributed by atoms with E-state index in [1.165, 1.54) is 0 Å². The lowest BCUT2D eigenvalue weighted by Crippen LogP contribution is -2.38. The van der Waals surface area contributed by atoms with Crippen molar-refractivity contribution in [2.75, 3.05) is 19.6 Å². The van der Waals surface area contributed by atoms with Crippen molar-refractivity contribution in [3.05, 3.63) is 59.7 Å². The van der Waals surface area contributed by atoms with Gasteiger partial charge in [-0.2, -0.15) is 0 Å². The molecule has 4 rings (SSSR count). The first-order valence-corrected chi connectivity index (χ1v) is 10.4. The van der Waals surface area contributed by atoms with Gasteiger partial charge in [0, 0.05) is 24.4 Å². The summed E-state index contributed by atoms with van der Waals surface area (Å²) in [5.41, 5.74) is 3.44. The van der Waals surface area contributed by atoms with Crippen molar-refractivity contribution in [2.24, 2.45) is 0 Å². The molecule has 2 aromatic carbocycles. The summed E-state index contributed by atoms with van der Waals surface area (Å²) in [6.07, 6.45) is 2.09. The Balaban J connectivity index is 1.39. The zero-order valence-electron chi connectivity index (χ0n) is 15.5. The van der Waals surface area contributed by atoms with Gasteiger partial charge in [0.2, 0.25) is 5.91 Å². The van der Waals surface area contributed by atoms with Crippen molar-refractivity contribution in [3.63, 3.8) is 0 Å². The summed E-state index contributed by atoms with van der Waals surface area (Å²) in [6.45, 7) is 1.63. The number of amides is 2. The van der Waals surface area contributed by atoms with Crippen LogP contribution in [0.2, 0.25) is 0 Å². The first-order chi connectivity index (χ1) is 13.7. The number of nitrogens with zero attached hydrogens (tertiary/aromatic N) is 2. The number of rotatable bonds is 6. The summed E-state index contributed by atoms with van der Waals surface area (Å²) in [5, 5.41) is 3.59. The summed E-state index contributed by atoms with van der Waals surface area (Å²) in [7, 11) is 0. The molecule has 0 bridgehead atoms. The molecule has 0 unspecified atom stereocenters. The number of hydrogen-bond donors (Lipinski definition) is 2. The molecule has 2 N–H and O–H groups in total. The van der Waals surface area contributed by atoms with Crippen LogP contribution in [0.1, 0.15) is 28.8 Å². The number of likely N-dealkylation sites (tertiary alicyclic amines) is 1. The molecular weight excluding hydrogens is 372 g/mol. The van der Waals surface area contributed by atoms with E-state index in [1.807, 2.05) is 47.4 Å². The van der Waals surface area contributed by atoms with Gasteiger partial charge in [-0.05, 0) is 36.6 Å². The third-order valence-corrected chi connectivity index (χ3v) is 5.78. The smallest absolute Gasteiger partial charge is 0.252 e. The predicted octanol–water partition coefficient (Wildman–Crippen LogP) is 3.21. The zero-order valence-corrected chi connectivity index (χ0v) is 16.3. The third kappa shape index (κ3) is 4.20. The van der Waals surface area contributed by atoms with Gasteiger partial charge in [-0.1, -0.05) is 42.1 Å². The van der Waals surface area contributed by atoms with Crippen LogP contribution >= 0.6 is 11.8 Å². The maximum absolute atomic E-state index is 12.6. The normalized spacial score (nSPS) is 13.8. The fourth-order valence-corrected chi connectivity index (χ4v) is 4.23. The van der Waals surface area contributed by atoms with E-state index in [1.54, 1.807) is 17.8 Å². The number of thioether (sulfide) groups is 1. The van der Waals surface area contributed by atoms with Gasteiger partial charge in [0.1, 0.15) is 0 Å². The molecule has 0 aliphatic carbocycles. The Morgan fingerprint density at radius 3 is 2.64 bits per heavy atom. The molecule has 1 aliphatic heterocycles. The molecule has 1 saturated heterocycles. The quantitative estimate of drug-likeness (QED) is 0.630. The Hall–Kier alpha value is -2.80. The van der Waals surface area contributed by atoms with E-state index in [9.17, 15) is 9.59 Å². The van der Waals surface area contributed by atoms with Gasteiger partial charge in [-0.15, -0.1) is 0 Å². The Bertz CT molecular complexity index is 962. The number of nitrogens with one attached hydrogen (secondary N) is 2. The molecular formula is C21H22N4O2S. The largest absolute Gasteiger partial charge is 0.343 e. The molecule has 0 radical (unpaired) electrons. The minimum absolute atomic E-state index is 0.0139. The second kappa shape index (κ2) is 8.48. The molecule has 144 valence electrons. The second-order valence-corrected chi connectivity index (χ2v) is 7.74. The lowest BCUT2D eigenvalue weighted by atomic mass is 10.1. The number of H-pyrrole nitrogens is 1. The highest BCUT2D eigenvalue weighted by Crippen LogP contribution is 2.24. The van der Waals surface area contributed by atoms with Crippen molar-refractivity contribution in [3.8, 4) is 0 Å². The molecule has 1 fully saturated rings. The van der Waals surface area contributed by atoms with Crippen molar-refractivity contribution in [2.45, 2.75) is 23.8 Å². The number of benzene rings is 2. The molecule has 2 heterocycles. The van der Waals surface area contributed by atoms with E-state index in [-0.39, 0.29) is 18.4 Å². The van der Waals surface area contributed by atoms with Gasteiger partial charge >= 0.3 is 0 Å². The summed E-state index contributed by atoms with van der Waals surface area (Å²) in [4.78, 5) is 34.4. The SMILES string of the molecule is O=C(NCC(=O)N1CCCC1)c1ccccc1CSc1nc2ccccc2[nH]1. The van der Waals surface area contributed by atoms with Gasteiger partial charge in [-0.3, -0.25) is 9.59 Å². The number of carbonyl (C=O) groups excluding carboxylic acids is 2. The molecule has 28 heavy (non-hydrogen) atoms. The summed E-state index contributed by atoms with van der Waals surface area (Å²) < 4.78 is 0. The number of aromatic amines is 1. The van der Waals surface area contributed by atoms with E-state index in [0.717, 1.165) is 47.7 Å². The van der Waals surface area contributed by atoms with E-state index >= 15 is 0 Å². The van der Waals surface area contributed by atoms with Crippen molar-refractivity contribution < 1.29 is 9.59 Å². The van der Waals surface area contributed by atoms with Crippen LogP contribution < -0.4 is 5.32 Å². The summed E-state index contributed by atoms with van der Waals surface area (Å²) >= 11 is 1.55. The monoisotopic (exact) mass is 394 g/mol. The van der Waals surface area contributed by atoms with Crippen molar-refractivity contribution in [1.29, 1.82) is 0 Å². The Morgan fingerprint density at radius 2 is 1.82 bits per heavy atom. The van der Waals surface area contributed by atoms with Crippen LogP contribution in [-0.4, -0.2) is 46.3 Å². The second-order valence-electron chi connectivity index (χ2n) is 6.78. The molecule has 1 aliphatic rings.